The average Bonchev–Trinajstić information content (AvgIpc) is 3.43. The summed E-state index contributed by atoms with van der Waals surface area (Å²) >= 11 is 1.95. The molecule has 10 nitrogen and oxygen atoms in total. The van der Waals surface area contributed by atoms with E-state index in [4.69, 9.17) is 9.26 Å². The van der Waals surface area contributed by atoms with E-state index in [2.05, 4.69) is 15.9 Å². The molecule has 2 heterocycles. The number of nitrogens with zero attached hydrogens (tertiary/aromatic N) is 1. The van der Waals surface area contributed by atoms with Gasteiger partial charge >= 0.3 is 16.6 Å². The van der Waals surface area contributed by atoms with Crippen LogP contribution in [0.15, 0.2) is 68.9 Å². The molecule has 3 N–H and O–H groups in total. The minimum absolute atomic E-state index is 0.115. The fourth-order valence-corrected chi connectivity index (χ4v) is 5.40. The van der Waals surface area contributed by atoms with Gasteiger partial charge in [-0.1, -0.05) is 35.9 Å². The number of aryl methyl sites for hydroxylation is 1. The second kappa shape index (κ2) is 11.9. The van der Waals surface area contributed by atoms with Crippen molar-refractivity contribution < 1.29 is 28.3 Å². The number of H-pyrrole nitrogens is 1. The molecule has 0 aliphatic carbocycles. The smallest absolute Gasteiger partial charge is 0.442 e. The highest BCUT2D eigenvalue weighted by atomic mass is 32.2. The number of para-hydroxylation sites is 1. The van der Waals surface area contributed by atoms with Crippen LogP contribution in [0.5, 0.6) is 0 Å². The first-order valence-electron chi connectivity index (χ1n) is 11.6. The first-order chi connectivity index (χ1) is 18.3. The highest BCUT2D eigenvalue weighted by molar-refractivity contribution is 7.99. The van der Waals surface area contributed by atoms with Gasteiger partial charge in [0.2, 0.25) is 11.6 Å². The molecule has 2 amide bonds. The summed E-state index contributed by atoms with van der Waals surface area (Å²) in [4.78, 5) is 51.1. The Kier molecular flexibility index (Phi) is 8.44. The van der Waals surface area contributed by atoms with Crippen LogP contribution in [-0.2, 0) is 9.53 Å². The number of benzene rings is 2. The quantitative estimate of drug-likeness (QED) is 0.161. The van der Waals surface area contributed by atoms with Crippen molar-refractivity contribution in [2.45, 2.75) is 25.8 Å². The minimum atomic E-state index is -0.647. The van der Waals surface area contributed by atoms with Gasteiger partial charge in [0.05, 0.1) is 22.8 Å². The Balaban J connectivity index is 1.54. The maximum atomic E-state index is 13.0. The fourth-order valence-electron chi connectivity index (χ4n) is 3.52. The number of esters is 1. The molecule has 0 aliphatic rings. The van der Waals surface area contributed by atoms with Crippen molar-refractivity contribution in [2.75, 3.05) is 23.0 Å². The van der Waals surface area contributed by atoms with Crippen LogP contribution in [0.3, 0.4) is 0 Å². The lowest BCUT2D eigenvalue weighted by Gasteiger charge is -2.06. The Morgan fingerprint density at radius 2 is 1.76 bits per heavy atom. The molecule has 0 fully saturated rings. The van der Waals surface area contributed by atoms with Gasteiger partial charge in [-0.2, -0.15) is 0 Å². The summed E-state index contributed by atoms with van der Waals surface area (Å²) in [7, 11) is 0. The van der Waals surface area contributed by atoms with Gasteiger partial charge < -0.3 is 15.4 Å². The van der Waals surface area contributed by atoms with E-state index in [9.17, 15) is 19.2 Å². The van der Waals surface area contributed by atoms with E-state index in [1.165, 1.54) is 4.68 Å². The lowest BCUT2D eigenvalue weighted by molar-refractivity contribution is -0.704. The van der Waals surface area contributed by atoms with Gasteiger partial charge in [-0.3, -0.25) is 14.1 Å². The van der Waals surface area contributed by atoms with Crippen LogP contribution < -0.4 is 20.9 Å². The molecule has 12 heteroatoms. The number of hydrogen-bond acceptors (Lipinski definition) is 8. The van der Waals surface area contributed by atoms with E-state index < -0.39 is 23.4 Å². The van der Waals surface area contributed by atoms with E-state index in [-0.39, 0.29) is 32.8 Å². The summed E-state index contributed by atoms with van der Waals surface area (Å²) in [5, 5.41) is 8.40. The monoisotopic (exact) mass is 553 g/mol. The molecule has 0 atom stereocenters. The van der Waals surface area contributed by atoms with Crippen molar-refractivity contribution in [3.8, 4) is 5.69 Å². The number of hydrogen-bond donors (Lipinski definition) is 3. The van der Waals surface area contributed by atoms with E-state index in [0.717, 1.165) is 28.7 Å². The van der Waals surface area contributed by atoms with E-state index in [0.29, 0.717) is 16.9 Å². The Morgan fingerprint density at radius 3 is 2.45 bits per heavy atom. The molecule has 196 valence electrons. The van der Waals surface area contributed by atoms with Gasteiger partial charge in [0, 0.05) is 17.8 Å². The first kappa shape index (κ1) is 26.9. The molecule has 0 unspecified atom stereocenters. The van der Waals surface area contributed by atoms with Gasteiger partial charge in [-0.05, 0) is 60.2 Å². The van der Waals surface area contributed by atoms with Crippen molar-refractivity contribution >= 4 is 51.6 Å². The number of amides is 2. The average molecular weight is 554 g/mol. The maximum Gasteiger partial charge on any atom is 0.442 e. The largest absolute Gasteiger partial charge is 0.462 e. The highest BCUT2D eigenvalue weighted by Crippen LogP contribution is 2.34. The topological polar surface area (TPSA) is 134 Å². The van der Waals surface area contributed by atoms with Crippen molar-refractivity contribution in [3.63, 3.8) is 0 Å². The van der Waals surface area contributed by atoms with Crippen molar-refractivity contribution in [2.24, 2.45) is 0 Å². The molecule has 0 saturated heterocycles. The molecule has 0 spiro atoms. The number of thioether (sulfide) groups is 1. The molecule has 0 aliphatic heterocycles. The Labute approximate surface area is 226 Å². The lowest BCUT2D eigenvalue weighted by atomic mass is 10.1. The summed E-state index contributed by atoms with van der Waals surface area (Å²) in [5.74, 6) is -1.69. The molecule has 0 saturated carbocycles. The third kappa shape index (κ3) is 6.03. The SMILES string of the molecule is CCOC(=O)c1c(NC(=O)CSc2c(=O)o[nH][n+]2-c2ccc(C)cc2)sc(C(=O)Nc2ccccc2)c1C. The summed E-state index contributed by atoms with van der Waals surface area (Å²) in [5.41, 5.74) is 2.20. The number of thiophene rings is 1. The standard InChI is InChI=1S/C26H24N4O6S2/c1-4-35-25(33)20-16(3)21(22(32)27-17-8-6-5-7-9-17)38-23(20)28-19(31)14-37-24-26(34)36-29-30(24)18-12-10-15(2)11-13-18/h5-13H,4,14H2,1-3H3,(H2-,27,28,29,31,32,33,34)/p+1. The zero-order chi connectivity index (χ0) is 27.2. The normalized spacial score (nSPS) is 10.7. The summed E-state index contributed by atoms with van der Waals surface area (Å²) in [6.07, 6.45) is 0. The lowest BCUT2D eigenvalue weighted by Crippen LogP contribution is -2.36. The third-order valence-electron chi connectivity index (χ3n) is 5.36. The van der Waals surface area contributed by atoms with E-state index >= 15 is 0 Å². The number of carbonyl (C=O) groups excluding carboxylic acids is 3. The van der Waals surface area contributed by atoms with Crippen molar-refractivity contribution in [1.29, 1.82) is 0 Å². The first-order valence-corrected chi connectivity index (χ1v) is 13.4. The molecule has 38 heavy (non-hydrogen) atoms. The van der Waals surface area contributed by atoms with Crippen molar-refractivity contribution in [1.82, 2.24) is 5.27 Å². The van der Waals surface area contributed by atoms with Gasteiger partial charge in [-0.15, -0.1) is 11.3 Å². The molecular formula is C26H25N4O6S2+. The highest BCUT2D eigenvalue weighted by Gasteiger charge is 2.28. The molecule has 0 bridgehead atoms. The van der Waals surface area contributed by atoms with Crippen LogP contribution in [0.4, 0.5) is 10.7 Å². The van der Waals surface area contributed by atoms with Crippen LogP contribution >= 0.6 is 23.1 Å². The van der Waals surface area contributed by atoms with Crippen LogP contribution in [0.1, 0.15) is 38.1 Å². The summed E-state index contributed by atoms with van der Waals surface area (Å²) < 4.78 is 11.5. The molecule has 2 aromatic heterocycles. The Bertz CT molecular complexity index is 1520. The molecule has 0 radical (unpaired) electrons. The predicted octanol–water partition coefficient (Wildman–Crippen LogP) is 4.08. The zero-order valence-electron chi connectivity index (χ0n) is 20.8. The molecule has 4 aromatic rings. The minimum Gasteiger partial charge on any atom is -0.462 e. The number of nitrogens with one attached hydrogen (secondary N) is 3. The van der Waals surface area contributed by atoms with Gasteiger partial charge in [0.25, 0.3) is 5.91 Å². The fraction of sp³-hybridized carbons (Fsp3) is 0.192. The van der Waals surface area contributed by atoms with Crippen molar-refractivity contribution in [3.05, 3.63) is 86.6 Å². The third-order valence-corrected chi connectivity index (χ3v) is 7.59. The van der Waals surface area contributed by atoms with Gasteiger partial charge in [0.1, 0.15) is 5.00 Å². The van der Waals surface area contributed by atoms with Crippen LogP contribution in [0.25, 0.3) is 5.69 Å². The van der Waals surface area contributed by atoms with Crippen LogP contribution in [-0.4, -0.2) is 35.4 Å². The molecular weight excluding hydrogens is 528 g/mol. The van der Waals surface area contributed by atoms with Crippen LogP contribution in [0, 0.1) is 13.8 Å². The second-order valence-electron chi connectivity index (χ2n) is 8.09. The van der Waals surface area contributed by atoms with Crippen LogP contribution in [0.2, 0.25) is 0 Å². The van der Waals surface area contributed by atoms with Gasteiger partial charge in [0.15, 0.2) is 0 Å². The summed E-state index contributed by atoms with van der Waals surface area (Å²) in [6.45, 7) is 5.37. The number of aromatic nitrogens is 2. The molecule has 4 rings (SSSR count). The maximum absolute atomic E-state index is 13.0. The van der Waals surface area contributed by atoms with E-state index in [1.54, 1.807) is 38.1 Å². The van der Waals surface area contributed by atoms with E-state index in [1.807, 2.05) is 37.3 Å². The molecule has 2 aromatic carbocycles. The number of anilines is 2. The number of rotatable bonds is 9. The number of aromatic amines is 1. The van der Waals surface area contributed by atoms with Gasteiger partial charge in [-0.25, -0.2) is 9.59 Å². The number of ether oxygens (including phenoxy) is 1. The summed E-state index contributed by atoms with van der Waals surface area (Å²) in [6, 6.07) is 16.3. The Hall–Kier alpha value is -4.16. The zero-order valence-corrected chi connectivity index (χ0v) is 22.5. The number of carbonyl (C=O) groups is 3. The Morgan fingerprint density at radius 1 is 1.05 bits per heavy atom. The predicted molar refractivity (Wildman–Crippen MR) is 144 cm³/mol. The second-order valence-corrected chi connectivity index (χ2v) is 10.1.